The van der Waals surface area contributed by atoms with Gasteiger partial charge in [0, 0.05) is 31.9 Å². The van der Waals surface area contributed by atoms with Crippen molar-refractivity contribution in [1.29, 1.82) is 0 Å². The molecular weight excluding hydrogens is 354 g/mol. The highest BCUT2D eigenvalue weighted by atomic mass is 16.5. The third-order valence-electron chi connectivity index (χ3n) is 5.78. The quantitative estimate of drug-likeness (QED) is 0.886. The van der Waals surface area contributed by atoms with E-state index >= 15 is 0 Å². The fourth-order valence-corrected chi connectivity index (χ4v) is 4.28. The van der Waals surface area contributed by atoms with Gasteiger partial charge in [-0.2, -0.15) is 0 Å². The lowest BCUT2D eigenvalue weighted by Gasteiger charge is -2.36. The minimum atomic E-state index is -0.436. The average molecular weight is 379 g/mol. The highest BCUT2D eigenvalue weighted by molar-refractivity contribution is 6.02. The van der Waals surface area contributed by atoms with Gasteiger partial charge in [-0.05, 0) is 48.4 Å². The molecule has 1 atom stereocenters. The molecule has 0 saturated carbocycles. The number of rotatable bonds is 4. The van der Waals surface area contributed by atoms with Crippen molar-refractivity contribution in [2.24, 2.45) is 5.92 Å². The van der Waals surface area contributed by atoms with Crippen LogP contribution in [0, 0.1) is 5.92 Å². The molecule has 1 saturated heterocycles. The molecule has 1 aromatic carbocycles. The van der Waals surface area contributed by atoms with Crippen LogP contribution in [0.2, 0.25) is 0 Å². The van der Waals surface area contributed by atoms with E-state index in [1.165, 1.54) is 5.56 Å². The molecule has 2 aliphatic heterocycles. The summed E-state index contributed by atoms with van der Waals surface area (Å²) in [5.41, 5.74) is 2.73. The lowest BCUT2D eigenvalue weighted by Crippen LogP contribution is -2.43. The Labute approximate surface area is 164 Å². The molecule has 28 heavy (non-hydrogen) atoms. The minimum absolute atomic E-state index is 0.0455. The van der Waals surface area contributed by atoms with Gasteiger partial charge in [0.1, 0.15) is 5.75 Å². The number of benzene rings is 1. The van der Waals surface area contributed by atoms with Crippen molar-refractivity contribution < 1.29 is 14.3 Å². The van der Waals surface area contributed by atoms with Crippen LogP contribution in [0.3, 0.4) is 0 Å². The Morgan fingerprint density at radius 1 is 1.25 bits per heavy atom. The Balaban J connectivity index is 1.44. The number of methoxy groups -OCH3 is 1. The smallest absolute Gasteiger partial charge is 0.230 e. The molecule has 2 amide bonds. The van der Waals surface area contributed by atoms with Crippen molar-refractivity contribution in [2.75, 3.05) is 25.5 Å². The number of piperidine rings is 1. The topological polar surface area (TPSA) is 71.5 Å². The predicted octanol–water partition coefficient (Wildman–Crippen LogP) is 3.00. The third kappa shape index (κ3) is 3.72. The molecule has 6 nitrogen and oxygen atoms in total. The van der Waals surface area contributed by atoms with Crippen molar-refractivity contribution >= 4 is 17.5 Å². The molecule has 1 N–H and O–H groups in total. The summed E-state index contributed by atoms with van der Waals surface area (Å²) in [4.78, 5) is 31.5. The number of para-hydroxylation sites is 1. The molecular formula is C22H25N3O3. The summed E-state index contributed by atoms with van der Waals surface area (Å²) in [7, 11) is 1.57. The van der Waals surface area contributed by atoms with Crippen LogP contribution in [0.25, 0.3) is 0 Å². The summed E-state index contributed by atoms with van der Waals surface area (Å²) in [6.45, 7) is 1.47. The predicted molar refractivity (Wildman–Crippen MR) is 106 cm³/mol. The van der Waals surface area contributed by atoms with Crippen LogP contribution in [0.5, 0.6) is 5.75 Å². The molecule has 1 fully saturated rings. The number of hydrogen-bond donors (Lipinski definition) is 1. The monoisotopic (exact) mass is 379 g/mol. The number of likely N-dealkylation sites (tertiary alicyclic amines) is 1. The highest BCUT2D eigenvalue weighted by Crippen LogP contribution is 2.39. The van der Waals surface area contributed by atoms with Gasteiger partial charge in [0.15, 0.2) is 0 Å². The van der Waals surface area contributed by atoms with Gasteiger partial charge >= 0.3 is 0 Å². The second kappa shape index (κ2) is 8.00. The Hall–Kier alpha value is -2.89. The molecule has 1 aromatic heterocycles. The van der Waals surface area contributed by atoms with Gasteiger partial charge in [-0.15, -0.1) is 0 Å². The summed E-state index contributed by atoms with van der Waals surface area (Å²) in [6, 6.07) is 9.66. The normalized spacial score (nSPS) is 19.7. The van der Waals surface area contributed by atoms with Crippen molar-refractivity contribution in [3.05, 3.63) is 53.9 Å². The number of fused-ring (bicyclic) bond motifs is 1. The lowest BCUT2D eigenvalue weighted by atomic mass is 9.86. The number of nitrogens with zero attached hydrogens (tertiary/aromatic N) is 2. The van der Waals surface area contributed by atoms with Crippen LogP contribution in [0.4, 0.5) is 5.69 Å². The number of hydrogen-bond acceptors (Lipinski definition) is 4. The standard InChI is InChI=1S/C22H25N3O3/c1-28-19-6-2-5-17-18(13-20(26)24-21(17)19)22(27)25-10-7-15(8-11-25)12-16-4-3-9-23-14-16/h2-6,9,14-15,18H,7-8,10-13H2,1H3,(H,24,26)/t18-/m1/s1. The first-order valence-corrected chi connectivity index (χ1v) is 9.80. The molecule has 0 bridgehead atoms. The number of aromatic nitrogens is 1. The minimum Gasteiger partial charge on any atom is -0.495 e. The van der Waals surface area contributed by atoms with E-state index in [2.05, 4.69) is 16.4 Å². The Bertz CT molecular complexity index is 861. The van der Waals surface area contributed by atoms with Crippen LogP contribution in [-0.2, 0) is 16.0 Å². The van der Waals surface area contributed by atoms with Gasteiger partial charge in [-0.3, -0.25) is 14.6 Å². The van der Waals surface area contributed by atoms with Gasteiger partial charge in [-0.25, -0.2) is 0 Å². The molecule has 146 valence electrons. The van der Waals surface area contributed by atoms with Crippen LogP contribution in [-0.4, -0.2) is 41.9 Å². The fraction of sp³-hybridized carbons (Fsp3) is 0.409. The van der Waals surface area contributed by atoms with Gasteiger partial charge in [0.2, 0.25) is 11.8 Å². The summed E-state index contributed by atoms with van der Waals surface area (Å²) >= 11 is 0. The summed E-state index contributed by atoms with van der Waals surface area (Å²) in [5.74, 6) is 0.633. The van der Waals surface area contributed by atoms with Gasteiger partial charge in [0.05, 0.1) is 18.7 Å². The van der Waals surface area contributed by atoms with Crippen LogP contribution >= 0.6 is 0 Å². The first-order valence-electron chi connectivity index (χ1n) is 9.80. The first-order chi connectivity index (χ1) is 13.7. The lowest BCUT2D eigenvalue weighted by molar-refractivity contribution is -0.136. The Kier molecular flexibility index (Phi) is 5.28. The largest absolute Gasteiger partial charge is 0.495 e. The number of carbonyl (C=O) groups excluding carboxylic acids is 2. The maximum atomic E-state index is 13.2. The SMILES string of the molecule is COc1cccc2c1NC(=O)C[C@H]2C(=O)N1CCC(Cc2cccnc2)CC1. The second-order valence-electron chi connectivity index (χ2n) is 7.56. The van der Waals surface area contributed by atoms with Crippen LogP contribution in [0.1, 0.15) is 36.3 Å². The Morgan fingerprint density at radius 3 is 2.79 bits per heavy atom. The molecule has 4 rings (SSSR count). The zero-order valence-electron chi connectivity index (χ0n) is 16.1. The van der Waals surface area contributed by atoms with Crippen molar-refractivity contribution in [1.82, 2.24) is 9.88 Å². The number of ether oxygens (including phenoxy) is 1. The molecule has 2 aromatic rings. The zero-order chi connectivity index (χ0) is 19.5. The summed E-state index contributed by atoms with van der Waals surface area (Å²) < 4.78 is 5.36. The van der Waals surface area contributed by atoms with E-state index in [4.69, 9.17) is 4.74 Å². The van der Waals surface area contributed by atoms with E-state index in [0.717, 1.165) is 37.9 Å². The van der Waals surface area contributed by atoms with E-state index in [0.29, 0.717) is 17.4 Å². The molecule has 0 aliphatic carbocycles. The molecule has 6 heteroatoms. The first kappa shape index (κ1) is 18.5. The highest BCUT2D eigenvalue weighted by Gasteiger charge is 2.36. The van der Waals surface area contributed by atoms with Gasteiger partial charge in [-0.1, -0.05) is 18.2 Å². The molecule has 2 aliphatic rings. The maximum Gasteiger partial charge on any atom is 0.230 e. The van der Waals surface area contributed by atoms with Crippen LogP contribution < -0.4 is 10.1 Å². The van der Waals surface area contributed by atoms with Crippen LogP contribution in [0.15, 0.2) is 42.7 Å². The molecule has 0 spiro atoms. The van der Waals surface area contributed by atoms with E-state index in [9.17, 15) is 9.59 Å². The van der Waals surface area contributed by atoms with E-state index in [1.807, 2.05) is 29.3 Å². The molecule has 0 radical (unpaired) electrons. The van der Waals surface area contributed by atoms with E-state index in [1.54, 1.807) is 19.4 Å². The molecule has 0 unspecified atom stereocenters. The zero-order valence-corrected chi connectivity index (χ0v) is 16.1. The van der Waals surface area contributed by atoms with Crippen molar-refractivity contribution in [3.63, 3.8) is 0 Å². The number of nitrogens with one attached hydrogen (secondary N) is 1. The van der Waals surface area contributed by atoms with Gasteiger partial charge < -0.3 is 15.0 Å². The summed E-state index contributed by atoms with van der Waals surface area (Å²) in [6.07, 6.45) is 6.85. The number of anilines is 1. The van der Waals surface area contributed by atoms with Gasteiger partial charge in [0.25, 0.3) is 0 Å². The van der Waals surface area contributed by atoms with Crippen molar-refractivity contribution in [3.8, 4) is 5.75 Å². The van der Waals surface area contributed by atoms with E-state index in [-0.39, 0.29) is 18.2 Å². The number of carbonyl (C=O) groups is 2. The Morgan fingerprint density at radius 2 is 2.07 bits per heavy atom. The second-order valence-corrected chi connectivity index (χ2v) is 7.56. The third-order valence-corrected chi connectivity index (χ3v) is 5.78. The number of pyridine rings is 1. The average Bonchev–Trinajstić information content (AvgIpc) is 2.73. The summed E-state index contributed by atoms with van der Waals surface area (Å²) in [5, 5.41) is 2.86. The van der Waals surface area contributed by atoms with E-state index < -0.39 is 5.92 Å². The maximum absolute atomic E-state index is 13.2. The van der Waals surface area contributed by atoms with Crippen molar-refractivity contribution in [2.45, 2.75) is 31.6 Å². The molecule has 3 heterocycles. The fourth-order valence-electron chi connectivity index (χ4n) is 4.28. The number of amides is 2.